The van der Waals surface area contributed by atoms with Gasteiger partial charge in [0.05, 0.1) is 4.92 Å². The maximum atomic E-state index is 12.3. The summed E-state index contributed by atoms with van der Waals surface area (Å²) < 4.78 is 0. The van der Waals surface area contributed by atoms with E-state index >= 15 is 0 Å². The van der Waals surface area contributed by atoms with Crippen molar-refractivity contribution in [3.8, 4) is 0 Å². The van der Waals surface area contributed by atoms with Gasteiger partial charge in [-0.15, -0.1) is 0 Å². The summed E-state index contributed by atoms with van der Waals surface area (Å²) in [4.78, 5) is 24.2. The Balaban J connectivity index is 2.21. The number of amides is 1. The molecule has 0 aliphatic heterocycles. The van der Waals surface area contributed by atoms with Crippen molar-refractivity contribution in [3.05, 3.63) is 75.8 Å². The zero-order chi connectivity index (χ0) is 14.5. The van der Waals surface area contributed by atoms with Gasteiger partial charge in [0.15, 0.2) is 0 Å². The van der Waals surface area contributed by atoms with Gasteiger partial charge in [-0.1, -0.05) is 42.5 Å². The van der Waals surface area contributed by atoms with Crippen LogP contribution in [0.2, 0.25) is 0 Å². The van der Waals surface area contributed by atoms with Crippen molar-refractivity contribution in [3.63, 3.8) is 0 Å². The van der Waals surface area contributed by atoms with Crippen molar-refractivity contribution in [2.75, 3.05) is 7.05 Å². The summed E-state index contributed by atoms with van der Waals surface area (Å²) in [7, 11) is 1.63. The average Bonchev–Trinajstić information content (AvgIpc) is 2.47. The molecule has 0 aliphatic rings. The van der Waals surface area contributed by atoms with E-state index in [2.05, 4.69) is 0 Å². The molecule has 1 amide bonds. The van der Waals surface area contributed by atoms with Crippen LogP contribution >= 0.6 is 0 Å². The Kier molecular flexibility index (Phi) is 4.10. The van der Waals surface area contributed by atoms with Crippen LogP contribution in [0.4, 0.5) is 5.69 Å². The molecule has 0 bridgehead atoms. The highest BCUT2D eigenvalue weighted by Gasteiger charge is 2.21. The minimum Gasteiger partial charge on any atom is -0.337 e. The van der Waals surface area contributed by atoms with E-state index in [1.807, 2.05) is 30.3 Å². The zero-order valence-corrected chi connectivity index (χ0v) is 11.0. The summed E-state index contributed by atoms with van der Waals surface area (Å²) in [5.41, 5.74) is 0.912. The fraction of sp³-hybridized carbons (Fsp3) is 0.133. The van der Waals surface area contributed by atoms with Gasteiger partial charge >= 0.3 is 0 Å². The zero-order valence-electron chi connectivity index (χ0n) is 11.0. The summed E-state index contributed by atoms with van der Waals surface area (Å²) in [6.45, 7) is 0.408. The number of hydrogen-bond acceptors (Lipinski definition) is 3. The van der Waals surface area contributed by atoms with E-state index in [1.165, 1.54) is 17.0 Å². The predicted octanol–water partition coefficient (Wildman–Crippen LogP) is 2.87. The van der Waals surface area contributed by atoms with Crippen LogP contribution in [0.5, 0.6) is 0 Å². The standard InChI is InChI=1S/C15H14N2O3/c1-16(11-12-7-3-2-4-8-12)15(18)13-9-5-6-10-14(13)17(19)20/h2-10H,11H2,1H3. The molecule has 5 nitrogen and oxygen atoms in total. The lowest BCUT2D eigenvalue weighted by atomic mass is 10.1. The number of rotatable bonds is 4. The quantitative estimate of drug-likeness (QED) is 0.634. The van der Waals surface area contributed by atoms with Gasteiger partial charge in [-0.2, -0.15) is 0 Å². The number of carbonyl (C=O) groups is 1. The second-order valence-corrected chi connectivity index (χ2v) is 4.42. The molecule has 0 saturated carbocycles. The van der Waals surface area contributed by atoms with Crippen LogP contribution in [-0.4, -0.2) is 22.8 Å². The van der Waals surface area contributed by atoms with Crippen molar-refractivity contribution >= 4 is 11.6 Å². The number of para-hydroxylation sites is 1. The van der Waals surface area contributed by atoms with Gasteiger partial charge in [-0.25, -0.2) is 0 Å². The number of hydrogen-bond donors (Lipinski definition) is 0. The molecular weight excluding hydrogens is 256 g/mol. The molecule has 0 fully saturated rings. The molecule has 2 aromatic rings. The minimum absolute atomic E-state index is 0.107. The normalized spacial score (nSPS) is 10.1. The largest absolute Gasteiger partial charge is 0.337 e. The molecule has 0 radical (unpaired) electrons. The maximum Gasteiger partial charge on any atom is 0.282 e. The van der Waals surface area contributed by atoms with E-state index in [-0.39, 0.29) is 17.2 Å². The lowest BCUT2D eigenvalue weighted by Crippen LogP contribution is -2.26. The van der Waals surface area contributed by atoms with Crippen LogP contribution < -0.4 is 0 Å². The van der Waals surface area contributed by atoms with Gasteiger partial charge in [0.1, 0.15) is 5.56 Å². The van der Waals surface area contributed by atoms with E-state index < -0.39 is 4.92 Å². The fourth-order valence-corrected chi connectivity index (χ4v) is 1.95. The first-order valence-corrected chi connectivity index (χ1v) is 6.12. The summed E-state index contributed by atoms with van der Waals surface area (Å²) in [5.74, 6) is -0.360. The van der Waals surface area contributed by atoms with Crippen molar-refractivity contribution in [2.24, 2.45) is 0 Å². The average molecular weight is 270 g/mol. The number of nitro groups is 1. The first-order chi connectivity index (χ1) is 9.59. The van der Waals surface area contributed by atoms with Crippen LogP contribution in [0.25, 0.3) is 0 Å². The third-order valence-corrected chi connectivity index (χ3v) is 2.94. The highest BCUT2D eigenvalue weighted by atomic mass is 16.6. The highest BCUT2D eigenvalue weighted by molar-refractivity contribution is 5.97. The van der Waals surface area contributed by atoms with Gasteiger partial charge < -0.3 is 4.90 Å². The molecule has 0 aliphatic carbocycles. The van der Waals surface area contributed by atoms with Crippen LogP contribution in [-0.2, 0) is 6.54 Å². The van der Waals surface area contributed by atoms with Crippen LogP contribution in [0.1, 0.15) is 15.9 Å². The van der Waals surface area contributed by atoms with E-state index in [9.17, 15) is 14.9 Å². The topological polar surface area (TPSA) is 63.5 Å². The lowest BCUT2D eigenvalue weighted by Gasteiger charge is -2.17. The Labute approximate surface area is 116 Å². The Bertz CT molecular complexity index is 626. The van der Waals surface area contributed by atoms with Crippen molar-refractivity contribution < 1.29 is 9.72 Å². The summed E-state index contributed by atoms with van der Waals surface area (Å²) >= 11 is 0. The molecule has 0 aromatic heterocycles. The molecule has 0 atom stereocenters. The second kappa shape index (κ2) is 5.97. The molecule has 0 spiro atoms. The highest BCUT2D eigenvalue weighted by Crippen LogP contribution is 2.19. The molecule has 2 rings (SSSR count). The van der Waals surface area contributed by atoms with Crippen molar-refractivity contribution in [2.45, 2.75) is 6.54 Å². The SMILES string of the molecule is CN(Cc1ccccc1)C(=O)c1ccccc1[N+](=O)[O-]. The molecule has 20 heavy (non-hydrogen) atoms. The molecule has 0 heterocycles. The Morgan fingerprint density at radius 2 is 1.70 bits per heavy atom. The molecule has 0 saturated heterocycles. The van der Waals surface area contributed by atoms with E-state index in [1.54, 1.807) is 19.2 Å². The number of benzene rings is 2. The Morgan fingerprint density at radius 3 is 2.35 bits per heavy atom. The van der Waals surface area contributed by atoms with E-state index in [0.29, 0.717) is 6.54 Å². The number of carbonyl (C=O) groups excluding carboxylic acids is 1. The molecule has 0 N–H and O–H groups in total. The number of nitrogens with zero attached hydrogens (tertiary/aromatic N) is 2. The molecule has 2 aromatic carbocycles. The first-order valence-electron chi connectivity index (χ1n) is 6.12. The summed E-state index contributed by atoms with van der Waals surface area (Å²) in [6.07, 6.45) is 0. The third kappa shape index (κ3) is 3.00. The molecule has 102 valence electrons. The lowest BCUT2D eigenvalue weighted by molar-refractivity contribution is -0.385. The summed E-state index contributed by atoms with van der Waals surface area (Å²) in [5, 5.41) is 10.9. The van der Waals surface area contributed by atoms with Crippen LogP contribution in [0.15, 0.2) is 54.6 Å². The number of nitro benzene ring substituents is 1. The molecule has 5 heteroatoms. The Hall–Kier alpha value is -2.69. The first kappa shape index (κ1) is 13.7. The van der Waals surface area contributed by atoms with Crippen LogP contribution in [0.3, 0.4) is 0 Å². The van der Waals surface area contributed by atoms with Gasteiger partial charge in [0.2, 0.25) is 0 Å². The van der Waals surface area contributed by atoms with Gasteiger partial charge in [0.25, 0.3) is 11.6 Å². The van der Waals surface area contributed by atoms with Gasteiger partial charge in [0, 0.05) is 19.7 Å². The summed E-state index contributed by atoms with van der Waals surface area (Å²) in [6, 6.07) is 15.5. The van der Waals surface area contributed by atoms with Crippen LogP contribution in [0, 0.1) is 10.1 Å². The fourth-order valence-electron chi connectivity index (χ4n) is 1.95. The van der Waals surface area contributed by atoms with Gasteiger partial charge in [-0.05, 0) is 11.6 Å². The van der Waals surface area contributed by atoms with Gasteiger partial charge in [-0.3, -0.25) is 14.9 Å². The Morgan fingerprint density at radius 1 is 1.10 bits per heavy atom. The smallest absolute Gasteiger partial charge is 0.282 e. The van der Waals surface area contributed by atoms with E-state index in [0.717, 1.165) is 5.56 Å². The maximum absolute atomic E-state index is 12.3. The monoisotopic (exact) mass is 270 g/mol. The van der Waals surface area contributed by atoms with E-state index in [4.69, 9.17) is 0 Å². The molecule has 0 unspecified atom stereocenters. The minimum atomic E-state index is -0.538. The third-order valence-electron chi connectivity index (χ3n) is 2.94. The molecular formula is C15H14N2O3. The second-order valence-electron chi connectivity index (χ2n) is 4.42. The van der Waals surface area contributed by atoms with Crippen molar-refractivity contribution in [1.29, 1.82) is 0 Å². The predicted molar refractivity (Wildman–Crippen MR) is 75.3 cm³/mol. The van der Waals surface area contributed by atoms with Crippen molar-refractivity contribution in [1.82, 2.24) is 4.90 Å².